The molecule has 28 heavy (non-hydrogen) atoms. The van der Waals surface area contributed by atoms with Crippen molar-refractivity contribution in [2.24, 2.45) is 5.41 Å². The summed E-state index contributed by atoms with van der Waals surface area (Å²) in [5, 5.41) is 24.6. The Labute approximate surface area is 162 Å². The number of nitrogens with zero attached hydrogens (tertiary/aromatic N) is 3. The van der Waals surface area contributed by atoms with Crippen LogP contribution < -0.4 is 0 Å². The van der Waals surface area contributed by atoms with Gasteiger partial charge in [-0.15, -0.1) is 0 Å². The van der Waals surface area contributed by atoms with Gasteiger partial charge in [-0.05, 0) is 48.6 Å². The van der Waals surface area contributed by atoms with Crippen LogP contribution in [0.15, 0.2) is 42.7 Å². The fourth-order valence-electron chi connectivity index (χ4n) is 3.67. The standard InChI is InChI=1S/C21H23N3O4/c1-21(2)8-17(9-21)28-12-18(25)14-7-15-11-23-24(19(15)22-10-14)16-5-3-13(4-6-16)20(26)27/h3-7,10-11,17-18,25H,8-9,12H2,1-2H3,(H,26,27)/t18-/m0/s1. The Morgan fingerprint density at radius 1 is 1.29 bits per heavy atom. The Kier molecular flexibility index (Phi) is 4.64. The third-order valence-electron chi connectivity index (χ3n) is 5.22. The van der Waals surface area contributed by atoms with Crippen molar-refractivity contribution in [2.45, 2.75) is 38.9 Å². The van der Waals surface area contributed by atoms with Gasteiger partial charge in [0.15, 0.2) is 5.65 Å². The smallest absolute Gasteiger partial charge is 0.335 e. The van der Waals surface area contributed by atoms with Crippen LogP contribution in [0.4, 0.5) is 0 Å². The van der Waals surface area contributed by atoms with E-state index in [0.717, 1.165) is 23.9 Å². The zero-order valence-electron chi connectivity index (χ0n) is 15.9. The molecule has 0 amide bonds. The van der Waals surface area contributed by atoms with Gasteiger partial charge in [0.05, 0.1) is 30.2 Å². The predicted octanol–water partition coefficient (Wildman–Crippen LogP) is 3.36. The van der Waals surface area contributed by atoms with Gasteiger partial charge in [0.25, 0.3) is 0 Å². The monoisotopic (exact) mass is 381 g/mol. The molecule has 0 aliphatic heterocycles. The molecule has 1 aliphatic carbocycles. The molecule has 2 N–H and O–H groups in total. The van der Waals surface area contributed by atoms with E-state index in [1.165, 1.54) is 12.1 Å². The van der Waals surface area contributed by atoms with Crippen LogP contribution in [0, 0.1) is 5.41 Å². The molecule has 0 bridgehead atoms. The van der Waals surface area contributed by atoms with Crippen LogP contribution in [-0.2, 0) is 4.74 Å². The van der Waals surface area contributed by atoms with Gasteiger partial charge in [-0.2, -0.15) is 5.10 Å². The van der Waals surface area contributed by atoms with E-state index in [2.05, 4.69) is 23.9 Å². The van der Waals surface area contributed by atoms with E-state index in [1.807, 2.05) is 6.07 Å². The van der Waals surface area contributed by atoms with Crippen molar-refractivity contribution in [3.63, 3.8) is 0 Å². The quantitative estimate of drug-likeness (QED) is 0.679. The van der Waals surface area contributed by atoms with Gasteiger partial charge in [0.2, 0.25) is 0 Å². The fraction of sp³-hybridized carbons (Fsp3) is 0.381. The van der Waals surface area contributed by atoms with Crippen LogP contribution in [0.25, 0.3) is 16.7 Å². The minimum absolute atomic E-state index is 0.216. The first kappa shape index (κ1) is 18.6. The molecule has 0 unspecified atom stereocenters. The number of fused-ring (bicyclic) bond motifs is 1. The molecule has 2 aromatic heterocycles. The van der Waals surface area contributed by atoms with Gasteiger partial charge < -0.3 is 14.9 Å². The molecular weight excluding hydrogens is 358 g/mol. The maximum absolute atomic E-state index is 11.0. The molecular formula is C21H23N3O4. The van der Waals surface area contributed by atoms with Gasteiger partial charge in [0.1, 0.15) is 6.10 Å². The average Bonchev–Trinajstić information content (AvgIpc) is 3.07. The summed E-state index contributed by atoms with van der Waals surface area (Å²) < 4.78 is 7.44. The first-order valence-electron chi connectivity index (χ1n) is 9.29. The molecule has 1 aliphatic rings. The van der Waals surface area contributed by atoms with E-state index in [4.69, 9.17) is 9.84 Å². The first-order valence-corrected chi connectivity index (χ1v) is 9.29. The third-order valence-corrected chi connectivity index (χ3v) is 5.22. The van der Waals surface area contributed by atoms with Crippen molar-refractivity contribution < 1.29 is 19.7 Å². The Balaban J connectivity index is 1.48. The summed E-state index contributed by atoms with van der Waals surface area (Å²) in [7, 11) is 0. The van der Waals surface area contributed by atoms with E-state index in [1.54, 1.807) is 29.2 Å². The molecule has 7 nitrogen and oxygen atoms in total. The topological polar surface area (TPSA) is 97.5 Å². The van der Waals surface area contributed by atoms with Crippen molar-refractivity contribution in [3.8, 4) is 5.69 Å². The summed E-state index contributed by atoms with van der Waals surface area (Å²) in [6.07, 6.45) is 4.83. The Morgan fingerprint density at radius 3 is 2.64 bits per heavy atom. The number of ether oxygens (including phenoxy) is 1. The van der Waals surface area contributed by atoms with Crippen LogP contribution in [0.2, 0.25) is 0 Å². The number of hydrogen-bond acceptors (Lipinski definition) is 5. The van der Waals surface area contributed by atoms with Gasteiger partial charge in [-0.25, -0.2) is 14.5 Å². The maximum atomic E-state index is 11.0. The molecule has 1 fully saturated rings. The van der Waals surface area contributed by atoms with Crippen LogP contribution in [0.1, 0.15) is 48.7 Å². The number of rotatable bonds is 6. The van der Waals surface area contributed by atoms with Crippen LogP contribution >= 0.6 is 0 Å². The lowest BCUT2D eigenvalue weighted by Crippen LogP contribution is -2.38. The molecule has 7 heteroatoms. The molecule has 4 rings (SSSR count). The average molecular weight is 381 g/mol. The third kappa shape index (κ3) is 3.63. The summed E-state index contributed by atoms with van der Waals surface area (Å²) in [6.45, 7) is 4.68. The van der Waals surface area contributed by atoms with Crippen molar-refractivity contribution in [3.05, 3.63) is 53.9 Å². The highest BCUT2D eigenvalue weighted by molar-refractivity contribution is 5.87. The van der Waals surface area contributed by atoms with Crippen LogP contribution in [0.5, 0.6) is 0 Å². The number of benzene rings is 1. The molecule has 3 aromatic rings. The number of aromatic nitrogens is 3. The second-order valence-corrected chi connectivity index (χ2v) is 8.13. The fourth-order valence-corrected chi connectivity index (χ4v) is 3.67. The van der Waals surface area contributed by atoms with E-state index >= 15 is 0 Å². The van der Waals surface area contributed by atoms with Crippen molar-refractivity contribution in [2.75, 3.05) is 6.61 Å². The van der Waals surface area contributed by atoms with Crippen LogP contribution in [0.3, 0.4) is 0 Å². The lowest BCUT2D eigenvalue weighted by atomic mass is 9.70. The predicted molar refractivity (Wildman–Crippen MR) is 104 cm³/mol. The number of pyridine rings is 1. The first-order chi connectivity index (χ1) is 13.3. The SMILES string of the molecule is CC1(C)CC(OC[C@H](O)c2cnc3c(cnn3-c3ccc(C(=O)O)cc3)c2)C1. The maximum Gasteiger partial charge on any atom is 0.335 e. The summed E-state index contributed by atoms with van der Waals surface area (Å²) >= 11 is 0. The Hall–Kier alpha value is -2.77. The molecule has 0 saturated heterocycles. The van der Waals surface area contributed by atoms with Gasteiger partial charge in [-0.1, -0.05) is 13.8 Å². The van der Waals surface area contributed by atoms with Gasteiger partial charge >= 0.3 is 5.97 Å². The molecule has 146 valence electrons. The zero-order valence-corrected chi connectivity index (χ0v) is 15.9. The van der Waals surface area contributed by atoms with Crippen molar-refractivity contribution in [1.82, 2.24) is 14.8 Å². The number of aliphatic hydroxyl groups excluding tert-OH is 1. The minimum atomic E-state index is -0.971. The summed E-state index contributed by atoms with van der Waals surface area (Å²) in [4.78, 5) is 15.4. The molecule has 1 atom stereocenters. The summed E-state index contributed by atoms with van der Waals surface area (Å²) in [5.74, 6) is -0.971. The molecule has 0 radical (unpaired) electrons. The van der Waals surface area contributed by atoms with Crippen LogP contribution in [-0.4, -0.2) is 43.7 Å². The zero-order chi connectivity index (χ0) is 19.9. The Morgan fingerprint density at radius 2 is 2.00 bits per heavy atom. The highest BCUT2D eigenvalue weighted by atomic mass is 16.5. The largest absolute Gasteiger partial charge is 0.478 e. The van der Waals surface area contributed by atoms with Gasteiger partial charge in [-0.3, -0.25) is 0 Å². The highest BCUT2D eigenvalue weighted by Gasteiger charge is 2.36. The second kappa shape index (κ2) is 7.00. The molecule has 0 spiro atoms. The number of hydrogen-bond donors (Lipinski definition) is 2. The van der Waals surface area contributed by atoms with Crippen molar-refractivity contribution >= 4 is 17.0 Å². The summed E-state index contributed by atoms with van der Waals surface area (Å²) in [6, 6.07) is 8.30. The lowest BCUT2D eigenvalue weighted by molar-refractivity contribution is -0.0908. The second-order valence-electron chi connectivity index (χ2n) is 8.13. The highest BCUT2D eigenvalue weighted by Crippen LogP contribution is 2.41. The normalized spacial score (nSPS) is 17.4. The number of aliphatic hydroxyl groups is 1. The van der Waals surface area contributed by atoms with E-state index in [0.29, 0.717) is 16.6 Å². The van der Waals surface area contributed by atoms with E-state index in [-0.39, 0.29) is 18.3 Å². The lowest BCUT2D eigenvalue weighted by Gasteiger charge is -2.42. The Bertz CT molecular complexity index is 1000. The molecule has 1 aromatic carbocycles. The number of carboxylic acids is 1. The summed E-state index contributed by atoms with van der Waals surface area (Å²) in [5.41, 5.74) is 2.60. The number of carboxylic acid groups (broad SMARTS) is 1. The van der Waals surface area contributed by atoms with Crippen molar-refractivity contribution in [1.29, 1.82) is 0 Å². The molecule has 2 heterocycles. The van der Waals surface area contributed by atoms with E-state index in [9.17, 15) is 9.90 Å². The number of carbonyl (C=O) groups is 1. The molecule has 1 saturated carbocycles. The minimum Gasteiger partial charge on any atom is -0.478 e. The van der Waals surface area contributed by atoms with E-state index < -0.39 is 12.1 Å². The van der Waals surface area contributed by atoms with Gasteiger partial charge in [0, 0.05) is 17.1 Å². The number of aromatic carboxylic acids is 1.